The largest absolute Gasteiger partial charge is 0.457 e. The highest BCUT2D eigenvalue weighted by Gasteiger charge is 2.34. The van der Waals surface area contributed by atoms with Crippen molar-refractivity contribution in [1.82, 2.24) is 26.1 Å². The van der Waals surface area contributed by atoms with E-state index in [1.54, 1.807) is 33.0 Å². The van der Waals surface area contributed by atoms with E-state index in [0.29, 0.717) is 19.4 Å². The minimum Gasteiger partial charge on any atom is -0.457 e. The highest BCUT2D eigenvalue weighted by molar-refractivity contribution is 5.92. The van der Waals surface area contributed by atoms with Crippen molar-refractivity contribution in [2.45, 2.75) is 71.7 Å². The normalized spacial score (nSPS) is 18.1. The molecule has 1 aromatic carbocycles. The van der Waals surface area contributed by atoms with Crippen molar-refractivity contribution in [3.63, 3.8) is 0 Å². The van der Waals surface area contributed by atoms with E-state index < -0.39 is 47.9 Å². The summed E-state index contributed by atoms with van der Waals surface area (Å²) in [5.74, 6) is -2.29. The van der Waals surface area contributed by atoms with Crippen LogP contribution >= 0.6 is 0 Å². The van der Waals surface area contributed by atoms with Gasteiger partial charge in [0.25, 0.3) is 5.91 Å². The minimum absolute atomic E-state index is 0.198. The smallest absolute Gasteiger partial charge is 0.325 e. The highest BCUT2D eigenvalue weighted by atomic mass is 16.5. The second-order valence-corrected chi connectivity index (χ2v) is 10.8. The van der Waals surface area contributed by atoms with Crippen molar-refractivity contribution < 1.29 is 23.9 Å². The van der Waals surface area contributed by atoms with E-state index in [-0.39, 0.29) is 11.8 Å². The van der Waals surface area contributed by atoms with Crippen LogP contribution in [0.5, 0.6) is 0 Å². The number of benzene rings is 1. The summed E-state index contributed by atoms with van der Waals surface area (Å²) >= 11 is 0. The summed E-state index contributed by atoms with van der Waals surface area (Å²) in [5, 5.41) is 8.72. The summed E-state index contributed by atoms with van der Waals surface area (Å²) < 4.78 is 5.77. The van der Waals surface area contributed by atoms with E-state index in [0.717, 1.165) is 22.0 Å². The molecule has 41 heavy (non-hydrogen) atoms. The summed E-state index contributed by atoms with van der Waals surface area (Å²) in [6.07, 6.45) is 5.53. The maximum Gasteiger partial charge on any atom is 0.325 e. The number of hydrazine groups is 1. The lowest BCUT2D eigenvalue weighted by atomic mass is 10.0. The molecule has 3 N–H and O–H groups in total. The zero-order valence-electron chi connectivity index (χ0n) is 24.5. The molecule has 0 aliphatic carbocycles. The first kappa shape index (κ1) is 31.5. The number of hydrogen-bond donors (Lipinski definition) is 3. The molecule has 10 heteroatoms. The molecule has 1 saturated heterocycles. The van der Waals surface area contributed by atoms with Crippen LogP contribution in [0.25, 0.3) is 16.8 Å². The molecule has 2 aromatic rings. The molecule has 220 valence electrons. The number of pyridine rings is 1. The molecular weight excluding hydrogens is 522 g/mol. The van der Waals surface area contributed by atoms with Gasteiger partial charge in [0.05, 0.1) is 11.6 Å². The topological polar surface area (TPSA) is 130 Å². The van der Waals surface area contributed by atoms with Gasteiger partial charge in [-0.05, 0) is 61.8 Å². The molecule has 1 fully saturated rings. The predicted molar refractivity (Wildman–Crippen MR) is 158 cm³/mol. The van der Waals surface area contributed by atoms with Crippen molar-refractivity contribution in [3.8, 4) is 0 Å². The van der Waals surface area contributed by atoms with Crippen LogP contribution < -0.4 is 16.1 Å². The summed E-state index contributed by atoms with van der Waals surface area (Å²) in [6, 6.07) is 5.30. The lowest BCUT2D eigenvalue weighted by molar-refractivity contribution is -0.157. The number of amides is 3. The zero-order valence-corrected chi connectivity index (χ0v) is 24.5. The lowest BCUT2D eigenvalue weighted by Gasteiger charge is -2.35. The molecule has 0 saturated carbocycles. The van der Waals surface area contributed by atoms with Crippen molar-refractivity contribution in [2.24, 2.45) is 11.8 Å². The fourth-order valence-corrected chi connectivity index (χ4v) is 4.51. The van der Waals surface area contributed by atoms with Gasteiger partial charge in [-0.25, -0.2) is 5.43 Å². The maximum atomic E-state index is 13.2. The second kappa shape index (κ2) is 14.0. The Morgan fingerprint density at radius 1 is 1.05 bits per heavy atom. The lowest BCUT2D eigenvalue weighted by Crippen LogP contribution is -2.61. The van der Waals surface area contributed by atoms with Gasteiger partial charge in [-0.3, -0.25) is 29.2 Å². The number of fused-ring (bicyclic) bond motifs is 1. The number of aromatic nitrogens is 1. The quantitative estimate of drug-likeness (QED) is 0.282. The Morgan fingerprint density at radius 3 is 2.44 bits per heavy atom. The number of nitrogens with zero attached hydrogens (tertiary/aromatic N) is 2. The molecule has 0 spiro atoms. The first-order valence-electron chi connectivity index (χ1n) is 14.0. The summed E-state index contributed by atoms with van der Waals surface area (Å²) in [5.41, 5.74) is 4.56. The van der Waals surface area contributed by atoms with E-state index in [2.05, 4.69) is 34.2 Å². The fourth-order valence-electron chi connectivity index (χ4n) is 4.51. The predicted octanol–water partition coefficient (Wildman–Crippen LogP) is 3.45. The van der Waals surface area contributed by atoms with Gasteiger partial charge in [-0.15, -0.1) is 6.58 Å². The Labute approximate surface area is 241 Å². The zero-order chi connectivity index (χ0) is 30.3. The summed E-state index contributed by atoms with van der Waals surface area (Å²) in [6.45, 7) is 16.4. The SMILES string of the molecule is C=Cc1cc2cc([C@@H](C)OC(=O)C3CCCN(C(=O)[C@H](C)NC(=O)[C@@H](NC(=O)C(C)C=C)C(C)C)N3)ccc2cn1. The Morgan fingerprint density at radius 2 is 1.78 bits per heavy atom. The molecule has 10 nitrogen and oxygen atoms in total. The maximum absolute atomic E-state index is 13.2. The number of rotatable bonds is 11. The van der Waals surface area contributed by atoms with Crippen LogP contribution in [0.4, 0.5) is 0 Å². The molecule has 5 atom stereocenters. The number of nitrogens with one attached hydrogen (secondary N) is 3. The van der Waals surface area contributed by atoms with Crippen LogP contribution in [0.3, 0.4) is 0 Å². The number of hydrogen-bond acceptors (Lipinski definition) is 7. The summed E-state index contributed by atoms with van der Waals surface area (Å²) in [7, 11) is 0. The van der Waals surface area contributed by atoms with Crippen LogP contribution in [0.2, 0.25) is 0 Å². The molecule has 3 rings (SSSR count). The van der Waals surface area contributed by atoms with Crippen LogP contribution in [-0.4, -0.2) is 58.4 Å². The first-order chi connectivity index (χ1) is 19.4. The van der Waals surface area contributed by atoms with Crippen molar-refractivity contribution in [3.05, 3.63) is 61.0 Å². The number of ether oxygens (including phenoxy) is 1. The van der Waals surface area contributed by atoms with Crippen LogP contribution in [0, 0.1) is 11.8 Å². The fraction of sp³-hybridized carbons (Fsp3) is 0.452. The van der Waals surface area contributed by atoms with E-state index in [1.807, 2.05) is 38.1 Å². The van der Waals surface area contributed by atoms with E-state index in [9.17, 15) is 19.2 Å². The average Bonchev–Trinajstić information content (AvgIpc) is 2.97. The van der Waals surface area contributed by atoms with Crippen LogP contribution in [0.15, 0.2) is 49.7 Å². The van der Waals surface area contributed by atoms with Gasteiger partial charge in [0.15, 0.2) is 0 Å². The number of carbonyl (C=O) groups excluding carboxylic acids is 4. The van der Waals surface area contributed by atoms with Crippen LogP contribution in [0.1, 0.15) is 64.8 Å². The molecule has 2 unspecified atom stereocenters. The van der Waals surface area contributed by atoms with Crippen LogP contribution in [-0.2, 0) is 23.9 Å². The minimum atomic E-state index is -0.883. The Kier molecular flexibility index (Phi) is 10.8. The van der Waals surface area contributed by atoms with E-state index in [4.69, 9.17) is 4.74 Å². The number of esters is 1. The van der Waals surface area contributed by atoms with Gasteiger partial charge in [0.2, 0.25) is 11.8 Å². The molecule has 3 amide bonds. The van der Waals surface area contributed by atoms with Gasteiger partial charge in [0.1, 0.15) is 24.2 Å². The molecule has 1 aliphatic rings. The monoisotopic (exact) mass is 563 g/mol. The third-order valence-corrected chi connectivity index (χ3v) is 7.22. The first-order valence-corrected chi connectivity index (χ1v) is 14.0. The van der Waals surface area contributed by atoms with Crippen molar-refractivity contribution >= 4 is 40.5 Å². The molecule has 1 aliphatic heterocycles. The molecule has 1 aromatic heterocycles. The molecule has 0 radical (unpaired) electrons. The molecular formula is C31H41N5O5. The Bertz CT molecular complexity index is 1310. The van der Waals surface area contributed by atoms with Crippen molar-refractivity contribution in [2.75, 3.05) is 6.54 Å². The van der Waals surface area contributed by atoms with Crippen molar-refractivity contribution in [1.29, 1.82) is 0 Å². The van der Waals surface area contributed by atoms with Gasteiger partial charge in [-0.1, -0.05) is 45.6 Å². The Balaban J connectivity index is 1.59. The Hall–Kier alpha value is -4.05. The standard InChI is InChI=1S/C31H41N5O5/c1-8-19(5)28(37)34-27(18(3)4)29(38)33-20(6)30(39)36-14-10-11-26(35-36)31(40)41-21(7)22-12-13-23-17-32-25(9-2)16-24(23)15-22/h8-9,12-13,15-21,26-27,35H,1-2,10-11,14H2,3-7H3,(H,33,38)(H,34,37)/t19?,20-,21+,26?,27-/m0/s1. The van der Waals surface area contributed by atoms with Gasteiger partial charge < -0.3 is 15.4 Å². The highest BCUT2D eigenvalue weighted by Crippen LogP contribution is 2.24. The second-order valence-electron chi connectivity index (χ2n) is 10.8. The van der Waals surface area contributed by atoms with E-state index in [1.165, 1.54) is 11.1 Å². The van der Waals surface area contributed by atoms with Gasteiger partial charge >= 0.3 is 5.97 Å². The number of carbonyl (C=O) groups is 4. The summed E-state index contributed by atoms with van der Waals surface area (Å²) in [4.78, 5) is 55.8. The third-order valence-electron chi connectivity index (χ3n) is 7.22. The molecule has 2 heterocycles. The molecule has 0 bridgehead atoms. The van der Waals surface area contributed by atoms with Gasteiger partial charge in [0, 0.05) is 18.1 Å². The average molecular weight is 564 g/mol. The van der Waals surface area contributed by atoms with Gasteiger partial charge in [-0.2, -0.15) is 0 Å². The van der Waals surface area contributed by atoms with E-state index >= 15 is 0 Å². The third kappa shape index (κ3) is 8.00.